The van der Waals surface area contributed by atoms with Crippen molar-refractivity contribution in [2.45, 2.75) is 19.4 Å². The second kappa shape index (κ2) is 3.98. The summed E-state index contributed by atoms with van der Waals surface area (Å²) in [6.07, 6.45) is 5.29. The van der Waals surface area contributed by atoms with Crippen LogP contribution in [0.5, 0.6) is 0 Å². The fourth-order valence-electron chi connectivity index (χ4n) is 0.906. The van der Waals surface area contributed by atoms with Crippen LogP contribution in [-0.2, 0) is 6.54 Å². The van der Waals surface area contributed by atoms with E-state index in [-0.39, 0.29) is 6.61 Å². The summed E-state index contributed by atoms with van der Waals surface area (Å²) in [5.74, 6) is 0.550. The molecule has 4 heteroatoms. The number of nitrogen functional groups attached to an aromatic ring is 1. The van der Waals surface area contributed by atoms with E-state index in [9.17, 15) is 0 Å². The van der Waals surface area contributed by atoms with Crippen LogP contribution in [0.15, 0.2) is 12.5 Å². The minimum absolute atomic E-state index is 0.254. The van der Waals surface area contributed by atoms with Gasteiger partial charge in [0.15, 0.2) is 0 Å². The molecule has 1 aromatic heterocycles. The van der Waals surface area contributed by atoms with Crippen molar-refractivity contribution in [3.8, 4) is 0 Å². The minimum Gasteiger partial charge on any atom is -0.396 e. The molecule has 62 valence electrons. The van der Waals surface area contributed by atoms with Crippen molar-refractivity contribution in [1.29, 1.82) is 0 Å². The van der Waals surface area contributed by atoms with Crippen molar-refractivity contribution < 1.29 is 5.11 Å². The molecule has 0 saturated heterocycles. The maximum absolute atomic E-state index is 8.50. The van der Waals surface area contributed by atoms with Gasteiger partial charge in [-0.05, 0) is 12.8 Å². The van der Waals surface area contributed by atoms with E-state index in [0.717, 1.165) is 19.4 Å². The summed E-state index contributed by atoms with van der Waals surface area (Å²) in [5.41, 5.74) is 5.40. The predicted octanol–water partition coefficient (Wildman–Crippen LogP) is 0.238. The molecule has 0 bridgehead atoms. The summed E-state index contributed by atoms with van der Waals surface area (Å²) in [6, 6.07) is 0. The summed E-state index contributed by atoms with van der Waals surface area (Å²) >= 11 is 0. The quantitative estimate of drug-likeness (QED) is 0.612. The lowest BCUT2D eigenvalue weighted by Gasteiger charge is -1.98. The number of unbranched alkanes of at least 4 members (excludes halogenated alkanes) is 1. The van der Waals surface area contributed by atoms with E-state index in [0.29, 0.717) is 5.82 Å². The number of imidazole rings is 1. The van der Waals surface area contributed by atoms with Crippen LogP contribution in [0.2, 0.25) is 0 Å². The van der Waals surface area contributed by atoms with Crippen LogP contribution in [0.3, 0.4) is 0 Å². The second-order valence-corrected chi connectivity index (χ2v) is 2.47. The number of aromatic nitrogens is 2. The first-order valence-corrected chi connectivity index (χ1v) is 3.71. The summed E-state index contributed by atoms with van der Waals surface area (Å²) in [4.78, 5) is 3.87. The van der Waals surface area contributed by atoms with E-state index in [1.807, 2.05) is 4.57 Å². The van der Waals surface area contributed by atoms with E-state index in [2.05, 4.69) is 4.98 Å². The molecule has 0 atom stereocenters. The maximum Gasteiger partial charge on any atom is 0.141 e. The van der Waals surface area contributed by atoms with Crippen molar-refractivity contribution in [2.75, 3.05) is 12.3 Å². The van der Waals surface area contributed by atoms with Gasteiger partial charge in [-0.3, -0.25) is 0 Å². The average Bonchev–Trinajstić information content (AvgIpc) is 2.37. The summed E-state index contributed by atoms with van der Waals surface area (Å²) in [5, 5.41) is 8.50. The predicted molar refractivity (Wildman–Crippen MR) is 43.0 cm³/mol. The van der Waals surface area contributed by atoms with Crippen molar-refractivity contribution >= 4 is 5.82 Å². The first-order valence-electron chi connectivity index (χ1n) is 3.71. The molecule has 3 N–H and O–H groups in total. The van der Waals surface area contributed by atoms with Gasteiger partial charge in [0, 0.05) is 19.3 Å². The van der Waals surface area contributed by atoms with Gasteiger partial charge >= 0.3 is 0 Å². The Hall–Kier alpha value is -1.03. The zero-order chi connectivity index (χ0) is 8.10. The molecule has 4 nitrogen and oxygen atoms in total. The smallest absolute Gasteiger partial charge is 0.141 e. The van der Waals surface area contributed by atoms with E-state index in [1.165, 1.54) is 0 Å². The number of aliphatic hydroxyl groups is 1. The number of hydrogen-bond acceptors (Lipinski definition) is 3. The monoisotopic (exact) mass is 155 g/mol. The first-order chi connectivity index (χ1) is 5.33. The van der Waals surface area contributed by atoms with Crippen LogP contribution < -0.4 is 5.73 Å². The highest BCUT2D eigenvalue weighted by Gasteiger charge is 1.92. The molecule has 0 aromatic carbocycles. The van der Waals surface area contributed by atoms with Crippen LogP contribution >= 0.6 is 0 Å². The molecule has 0 aliphatic carbocycles. The van der Waals surface area contributed by atoms with Gasteiger partial charge < -0.3 is 15.4 Å². The first kappa shape index (κ1) is 8.07. The SMILES string of the molecule is Nc1cn(CCCCO)cn1. The second-order valence-electron chi connectivity index (χ2n) is 2.47. The number of rotatable bonds is 4. The van der Waals surface area contributed by atoms with Gasteiger partial charge in [0.1, 0.15) is 5.82 Å². The van der Waals surface area contributed by atoms with Gasteiger partial charge in [-0.2, -0.15) is 0 Å². The molecule has 11 heavy (non-hydrogen) atoms. The number of anilines is 1. The Labute approximate surface area is 65.7 Å². The molecule has 0 aliphatic rings. The minimum atomic E-state index is 0.254. The van der Waals surface area contributed by atoms with E-state index in [4.69, 9.17) is 10.8 Å². The maximum atomic E-state index is 8.50. The zero-order valence-corrected chi connectivity index (χ0v) is 6.40. The molecule has 0 unspecified atom stereocenters. The van der Waals surface area contributed by atoms with Gasteiger partial charge in [-0.15, -0.1) is 0 Å². The lowest BCUT2D eigenvalue weighted by atomic mass is 10.3. The molecule has 0 radical (unpaired) electrons. The van der Waals surface area contributed by atoms with Crippen LogP contribution in [-0.4, -0.2) is 21.3 Å². The summed E-state index contributed by atoms with van der Waals surface area (Å²) in [7, 11) is 0. The normalized spacial score (nSPS) is 10.3. The number of hydrogen-bond donors (Lipinski definition) is 2. The van der Waals surface area contributed by atoms with Gasteiger partial charge in [-0.1, -0.05) is 0 Å². The molecular formula is C7H13N3O. The highest BCUT2D eigenvalue weighted by Crippen LogP contribution is 1.99. The topological polar surface area (TPSA) is 64.1 Å². The molecular weight excluding hydrogens is 142 g/mol. The molecule has 0 saturated carbocycles. The van der Waals surface area contributed by atoms with Gasteiger partial charge in [0.25, 0.3) is 0 Å². The van der Waals surface area contributed by atoms with Crippen LogP contribution in [0, 0.1) is 0 Å². The zero-order valence-electron chi connectivity index (χ0n) is 6.40. The standard InChI is InChI=1S/C7H13N3O/c8-7-5-10(6-9-7)3-1-2-4-11/h5-6,11H,1-4,8H2. The Kier molecular flexibility index (Phi) is 2.92. The van der Waals surface area contributed by atoms with E-state index < -0.39 is 0 Å². The van der Waals surface area contributed by atoms with Gasteiger partial charge in [0.2, 0.25) is 0 Å². The third-order valence-corrected chi connectivity index (χ3v) is 1.48. The molecule has 0 aliphatic heterocycles. The Morgan fingerprint density at radius 2 is 2.36 bits per heavy atom. The lowest BCUT2D eigenvalue weighted by molar-refractivity contribution is 0.281. The summed E-state index contributed by atoms with van der Waals surface area (Å²) < 4.78 is 1.92. The van der Waals surface area contributed by atoms with Crippen LogP contribution in [0.25, 0.3) is 0 Å². The fourth-order valence-corrected chi connectivity index (χ4v) is 0.906. The summed E-state index contributed by atoms with van der Waals surface area (Å²) in [6.45, 7) is 1.13. The number of aryl methyl sites for hydroxylation is 1. The molecule has 1 heterocycles. The third-order valence-electron chi connectivity index (χ3n) is 1.48. The third kappa shape index (κ3) is 2.59. The van der Waals surface area contributed by atoms with Gasteiger partial charge in [0.05, 0.1) is 6.33 Å². The van der Waals surface area contributed by atoms with Crippen molar-refractivity contribution in [3.05, 3.63) is 12.5 Å². The van der Waals surface area contributed by atoms with E-state index in [1.54, 1.807) is 12.5 Å². The van der Waals surface area contributed by atoms with Crippen LogP contribution in [0.4, 0.5) is 5.82 Å². The van der Waals surface area contributed by atoms with Crippen molar-refractivity contribution in [1.82, 2.24) is 9.55 Å². The Balaban J connectivity index is 2.27. The Morgan fingerprint density at radius 1 is 1.55 bits per heavy atom. The molecule has 1 rings (SSSR count). The van der Waals surface area contributed by atoms with E-state index >= 15 is 0 Å². The Bertz CT molecular complexity index is 209. The molecule has 1 aromatic rings. The molecule has 0 fully saturated rings. The number of aliphatic hydroxyl groups excluding tert-OH is 1. The molecule has 0 amide bonds. The van der Waals surface area contributed by atoms with Crippen LogP contribution in [0.1, 0.15) is 12.8 Å². The fraction of sp³-hybridized carbons (Fsp3) is 0.571. The van der Waals surface area contributed by atoms with Crippen molar-refractivity contribution in [2.24, 2.45) is 0 Å². The number of nitrogens with zero attached hydrogens (tertiary/aromatic N) is 2. The highest BCUT2D eigenvalue weighted by molar-refractivity contribution is 5.22. The van der Waals surface area contributed by atoms with Crippen molar-refractivity contribution in [3.63, 3.8) is 0 Å². The average molecular weight is 155 g/mol. The highest BCUT2D eigenvalue weighted by atomic mass is 16.2. The Morgan fingerprint density at radius 3 is 2.91 bits per heavy atom. The lowest BCUT2D eigenvalue weighted by Crippen LogP contribution is -1.95. The number of nitrogens with two attached hydrogens (primary N) is 1. The molecule has 0 spiro atoms. The largest absolute Gasteiger partial charge is 0.396 e. The van der Waals surface area contributed by atoms with Gasteiger partial charge in [-0.25, -0.2) is 4.98 Å².